The fourth-order valence-electron chi connectivity index (χ4n) is 3.99. The number of H-pyrrole nitrogens is 1. The first kappa shape index (κ1) is 20.3. The molecule has 6 nitrogen and oxygen atoms in total. The van der Waals surface area contributed by atoms with Gasteiger partial charge in [-0.05, 0) is 31.2 Å². The third-order valence-electron chi connectivity index (χ3n) is 5.48. The molecule has 156 valence electrons. The highest BCUT2D eigenvalue weighted by Gasteiger charge is 2.23. The minimum Gasteiger partial charge on any atom is -0.358 e. The molecule has 1 saturated heterocycles. The summed E-state index contributed by atoms with van der Waals surface area (Å²) in [5.74, 6) is -0.432. The van der Waals surface area contributed by atoms with Gasteiger partial charge < -0.3 is 10.3 Å². The minimum atomic E-state index is -0.378. The number of fused-ring (bicyclic) bond motifs is 1. The van der Waals surface area contributed by atoms with Crippen LogP contribution in [0.25, 0.3) is 10.9 Å². The number of aromatic nitrogens is 1. The standard InChI is InChI=1S/C23H25FN4O2/c1-16-23(19-7-2-3-8-20(19)25-16)21(29)14-27-9-11-28(12-10-27)15-22(30)26-18-6-4-5-17(24)13-18/h2-8,13,25H,9-12,14-15H2,1H3,(H,26,30). The Kier molecular flexibility index (Phi) is 5.92. The summed E-state index contributed by atoms with van der Waals surface area (Å²) in [5.41, 5.74) is 3.10. The van der Waals surface area contributed by atoms with Gasteiger partial charge in [0.15, 0.2) is 5.78 Å². The zero-order valence-electron chi connectivity index (χ0n) is 17.0. The average molecular weight is 408 g/mol. The van der Waals surface area contributed by atoms with E-state index in [9.17, 15) is 14.0 Å². The number of rotatable bonds is 6. The Labute approximate surface area is 174 Å². The van der Waals surface area contributed by atoms with E-state index in [0.29, 0.717) is 25.3 Å². The van der Waals surface area contributed by atoms with E-state index in [-0.39, 0.29) is 24.1 Å². The van der Waals surface area contributed by atoms with Crippen molar-refractivity contribution in [2.45, 2.75) is 6.92 Å². The molecule has 0 atom stereocenters. The van der Waals surface area contributed by atoms with Gasteiger partial charge in [-0.25, -0.2) is 4.39 Å². The van der Waals surface area contributed by atoms with Gasteiger partial charge in [0.25, 0.3) is 0 Å². The molecular formula is C23H25FN4O2. The third kappa shape index (κ3) is 4.58. The lowest BCUT2D eigenvalue weighted by molar-refractivity contribution is -0.117. The summed E-state index contributed by atoms with van der Waals surface area (Å²) in [6, 6.07) is 13.7. The van der Waals surface area contributed by atoms with E-state index in [4.69, 9.17) is 0 Å². The average Bonchev–Trinajstić information content (AvgIpc) is 3.05. The maximum atomic E-state index is 13.2. The number of nitrogens with one attached hydrogen (secondary N) is 2. The van der Waals surface area contributed by atoms with Gasteiger partial charge in [0.1, 0.15) is 5.82 Å². The summed E-state index contributed by atoms with van der Waals surface area (Å²) < 4.78 is 13.2. The second-order valence-electron chi connectivity index (χ2n) is 7.70. The van der Waals surface area contributed by atoms with Crippen LogP contribution in [0.3, 0.4) is 0 Å². The van der Waals surface area contributed by atoms with Crippen LogP contribution in [0.15, 0.2) is 48.5 Å². The number of halogens is 1. The van der Waals surface area contributed by atoms with Crippen molar-refractivity contribution in [3.05, 3.63) is 65.6 Å². The molecule has 1 aliphatic heterocycles. The Morgan fingerprint density at radius 3 is 2.43 bits per heavy atom. The molecule has 1 fully saturated rings. The van der Waals surface area contributed by atoms with Crippen LogP contribution < -0.4 is 5.32 Å². The Balaban J connectivity index is 1.29. The number of aryl methyl sites for hydroxylation is 1. The van der Waals surface area contributed by atoms with Gasteiger partial charge in [-0.3, -0.25) is 19.4 Å². The topological polar surface area (TPSA) is 68.4 Å². The number of aromatic amines is 1. The minimum absolute atomic E-state index is 0.113. The zero-order valence-corrected chi connectivity index (χ0v) is 17.0. The lowest BCUT2D eigenvalue weighted by Crippen LogP contribution is -2.49. The molecule has 0 unspecified atom stereocenters. The Morgan fingerprint density at radius 2 is 1.70 bits per heavy atom. The van der Waals surface area contributed by atoms with E-state index in [0.717, 1.165) is 35.2 Å². The molecule has 4 rings (SSSR count). The summed E-state index contributed by atoms with van der Waals surface area (Å²) in [6.07, 6.45) is 0. The van der Waals surface area contributed by atoms with Crippen LogP contribution in [-0.4, -0.2) is 65.7 Å². The maximum Gasteiger partial charge on any atom is 0.238 e. The largest absolute Gasteiger partial charge is 0.358 e. The first-order valence-electron chi connectivity index (χ1n) is 10.1. The van der Waals surface area contributed by atoms with Gasteiger partial charge in [0.2, 0.25) is 5.91 Å². The van der Waals surface area contributed by atoms with E-state index in [2.05, 4.69) is 15.2 Å². The summed E-state index contributed by atoms with van der Waals surface area (Å²) in [5, 5.41) is 3.69. The van der Waals surface area contributed by atoms with Crippen molar-refractivity contribution in [1.82, 2.24) is 14.8 Å². The van der Waals surface area contributed by atoms with Gasteiger partial charge in [0, 0.05) is 54.0 Å². The maximum absolute atomic E-state index is 13.2. The number of piperazine rings is 1. The zero-order chi connectivity index (χ0) is 21.1. The number of nitrogens with zero attached hydrogens (tertiary/aromatic N) is 2. The van der Waals surface area contributed by atoms with E-state index < -0.39 is 0 Å². The molecule has 2 heterocycles. The fraction of sp³-hybridized carbons (Fsp3) is 0.304. The number of anilines is 1. The highest BCUT2D eigenvalue weighted by molar-refractivity contribution is 6.10. The molecule has 0 bridgehead atoms. The molecule has 1 aromatic heterocycles. The van der Waals surface area contributed by atoms with Gasteiger partial charge >= 0.3 is 0 Å². The van der Waals surface area contributed by atoms with Crippen molar-refractivity contribution in [3.63, 3.8) is 0 Å². The molecule has 3 aromatic rings. The lowest BCUT2D eigenvalue weighted by atomic mass is 10.1. The Hall–Kier alpha value is -3.03. The Morgan fingerprint density at radius 1 is 1.00 bits per heavy atom. The summed E-state index contributed by atoms with van der Waals surface area (Å²) in [7, 11) is 0. The first-order chi connectivity index (χ1) is 14.5. The van der Waals surface area contributed by atoms with E-state index in [1.807, 2.05) is 36.1 Å². The van der Waals surface area contributed by atoms with Gasteiger partial charge in [-0.1, -0.05) is 24.3 Å². The van der Waals surface area contributed by atoms with E-state index in [1.165, 1.54) is 12.1 Å². The molecule has 0 aliphatic carbocycles. The van der Waals surface area contributed by atoms with Crippen molar-refractivity contribution in [3.8, 4) is 0 Å². The van der Waals surface area contributed by atoms with Crippen LogP contribution in [0.4, 0.5) is 10.1 Å². The van der Waals surface area contributed by atoms with Crippen LogP contribution in [0.1, 0.15) is 16.1 Å². The number of ketones is 1. The van der Waals surface area contributed by atoms with Gasteiger partial charge in [-0.15, -0.1) is 0 Å². The number of amides is 1. The molecule has 0 radical (unpaired) electrons. The second kappa shape index (κ2) is 8.77. The van der Waals surface area contributed by atoms with Crippen LogP contribution in [0.5, 0.6) is 0 Å². The van der Waals surface area contributed by atoms with Crippen molar-refractivity contribution >= 4 is 28.3 Å². The van der Waals surface area contributed by atoms with Crippen LogP contribution in [-0.2, 0) is 4.79 Å². The SMILES string of the molecule is Cc1[nH]c2ccccc2c1C(=O)CN1CCN(CC(=O)Nc2cccc(F)c2)CC1. The van der Waals surface area contributed by atoms with Crippen molar-refractivity contribution in [1.29, 1.82) is 0 Å². The van der Waals surface area contributed by atoms with Crippen molar-refractivity contribution in [2.24, 2.45) is 0 Å². The van der Waals surface area contributed by atoms with Crippen molar-refractivity contribution in [2.75, 3.05) is 44.6 Å². The second-order valence-corrected chi connectivity index (χ2v) is 7.70. The molecule has 1 aliphatic rings. The predicted octanol–water partition coefficient (Wildman–Crippen LogP) is 3.05. The summed E-state index contributed by atoms with van der Waals surface area (Å²) in [4.78, 5) is 32.6. The number of para-hydroxylation sites is 1. The number of Topliss-reactive ketones (excluding diaryl/α,β-unsaturated/α-hetero) is 1. The quantitative estimate of drug-likeness (QED) is 0.615. The molecule has 2 N–H and O–H groups in total. The van der Waals surface area contributed by atoms with E-state index in [1.54, 1.807) is 12.1 Å². The number of carbonyl (C=O) groups excluding carboxylic acids is 2. The number of benzene rings is 2. The lowest BCUT2D eigenvalue weighted by Gasteiger charge is -2.33. The molecule has 7 heteroatoms. The first-order valence-corrected chi connectivity index (χ1v) is 10.1. The fourth-order valence-corrected chi connectivity index (χ4v) is 3.99. The predicted molar refractivity (Wildman–Crippen MR) is 115 cm³/mol. The molecule has 1 amide bonds. The molecule has 2 aromatic carbocycles. The van der Waals surface area contributed by atoms with Crippen LogP contribution in [0.2, 0.25) is 0 Å². The number of hydrogen-bond donors (Lipinski definition) is 2. The molecule has 0 spiro atoms. The van der Waals surface area contributed by atoms with Gasteiger partial charge in [-0.2, -0.15) is 0 Å². The van der Waals surface area contributed by atoms with Crippen LogP contribution in [0, 0.1) is 12.7 Å². The third-order valence-corrected chi connectivity index (χ3v) is 5.48. The summed E-state index contributed by atoms with van der Waals surface area (Å²) in [6.45, 7) is 5.41. The number of hydrogen-bond acceptors (Lipinski definition) is 4. The van der Waals surface area contributed by atoms with Crippen LogP contribution >= 0.6 is 0 Å². The van der Waals surface area contributed by atoms with Crippen molar-refractivity contribution < 1.29 is 14.0 Å². The molecular weight excluding hydrogens is 383 g/mol. The number of carbonyl (C=O) groups is 2. The normalized spacial score (nSPS) is 15.4. The highest BCUT2D eigenvalue weighted by atomic mass is 19.1. The molecule has 0 saturated carbocycles. The highest BCUT2D eigenvalue weighted by Crippen LogP contribution is 2.22. The smallest absolute Gasteiger partial charge is 0.238 e. The molecule has 30 heavy (non-hydrogen) atoms. The summed E-state index contributed by atoms with van der Waals surface area (Å²) >= 11 is 0. The Bertz CT molecular complexity index is 1070. The monoisotopic (exact) mass is 408 g/mol. The van der Waals surface area contributed by atoms with Gasteiger partial charge in [0.05, 0.1) is 13.1 Å². The van der Waals surface area contributed by atoms with E-state index >= 15 is 0 Å².